The van der Waals surface area contributed by atoms with Crippen molar-refractivity contribution in [3.63, 3.8) is 0 Å². The fourth-order valence-electron chi connectivity index (χ4n) is 2.30. The van der Waals surface area contributed by atoms with Crippen molar-refractivity contribution in [3.05, 3.63) is 42.2 Å². The number of hydrogen-bond acceptors (Lipinski definition) is 3. The Balaban J connectivity index is 2.15. The van der Waals surface area contributed by atoms with Gasteiger partial charge >= 0.3 is 12.4 Å². The fraction of sp³-hybridized carbons (Fsp3) is 0.200. The zero-order chi connectivity index (χ0) is 18.2. The van der Waals surface area contributed by atoms with Crippen molar-refractivity contribution in [1.29, 1.82) is 0 Å². The first-order valence-electron chi connectivity index (χ1n) is 6.84. The summed E-state index contributed by atoms with van der Waals surface area (Å²) in [5.74, 6) is -0.415. The number of halogens is 6. The first-order valence-corrected chi connectivity index (χ1v) is 6.84. The van der Waals surface area contributed by atoms with E-state index >= 15 is 0 Å². The summed E-state index contributed by atoms with van der Waals surface area (Å²) in [6.07, 6.45) is -6.77. The second-order valence-electron chi connectivity index (χ2n) is 5.11. The third kappa shape index (κ3) is 3.67. The standard InChI is InChI=1S/C15H9F6N3O/c16-14(17,18)7-25-13-9(2-1-3-22-13)10-4-8(15(19,20)21)5-12-11(10)6-23-24-12/h1-6H,7H2,(H,23,24). The lowest BCUT2D eigenvalue weighted by molar-refractivity contribution is -0.154. The predicted octanol–water partition coefficient (Wildman–Crippen LogP) is 4.58. The molecule has 3 rings (SSSR count). The van der Waals surface area contributed by atoms with E-state index in [0.717, 1.165) is 12.1 Å². The average molecular weight is 361 g/mol. The molecule has 0 saturated heterocycles. The molecule has 0 radical (unpaired) electrons. The molecule has 10 heteroatoms. The number of nitrogens with one attached hydrogen (secondary N) is 1. The van der Waals surface area contributed by atoms with Crippen LogP contribution in [0.4, 0.5) is 26.3 Å². The van der Waals surface area contributed by atoms with Crippen molar-refractivity contribution in [1.82, 2.24) is 15.2 Å². The van der Waals surface area contributed by atoms with Gasteiger partial charge in [0, 0.05) is 17.1 Å². The number of alkyl halides is 6. The highest BCUT2D eigenvalue weighted by Crippen LogP contribution is 2.39. The summed E-state index contributed by atoms with van der Waals surface area (Å²) >= 11 is 0. The van der Waals surface area contributed by atoms with E-state index in [0.29, 0.717) is 5.39 Å². The monoisotopic (exact) mass is 361 g/mol. The number of rotatable bonds is 3. The highest BCUT2D eigenvalue weighted by molar-refractivity contribution is 5.96. The molecule has 0 spiro atoms. The first-order chi connectivity index (χ1) is 11.6. The number of H-pyrrole nitrogens is 1. The van der Waals surface area contributed by atoms with E-state index in [-0.39, 0.29) is 16.6 Å². The molecule has 132 valence electrons. The van der Waals surface area contributed by atoms with E-state index in [1.807, 2.05) is 0 Å². The summed E-state index contributed by atoms with van der Waals surface area (Å²) in [6.45, 7) is -1.61. The van der Waals surface area contributed by atoms with Gasteiger partial charge in [-0.25, -0.2) is 4.98 Å². The van der Waals surface area contributed by atoms with E-state index in [1.165, 1.54) is 24.5 Å². The second kappa shape index (κ2) is 5.94. The molecular formula is C15H9F6N3O. The van der Waals surface area contributed by atoms with Crippen LogP contribution in [0, 0.1) is 0 Å². The molecule has 25 heavy (non-hydrogen) atoms. The lowest BCUT2D eigenvalue weighted by Gasteiger charge is -2.14. The maximum Gasteiger partial charge on any atom is 0.422 e. The minimum atomic E-state index is -4.64. The van der Waals surface area contributed by atoms with Gasteiger partial charge in [-0.15, -0.1) is 0 Å². The van der Waals surface area contributed by atoms with E-state index < -0.39 is 30.4 Å². The highest BCUT2D eigenvalue weighted by Gasteiger charge is 2.33. The van der Waals surface area contributed by atoms with Crippen LogP contribution in [0.3, 0.4) is 0 Å². The van der Waals surface area contributed by atoms with Crippen LogP contribution in [0.15, 0.2) is 36.7 Å². The third-order valence-corrected chi connectivity index (χ3v) is 3.32. The quantitative estimate of drug-likeness (QED) is 0.695. The van der Waals surface area contributed by atoms with Crippen LogP contribution in [0.5, 0.6) is 5.88 Å². The zero-order valence-corrected chi connectivity index (χ0v) is 12.2. The minimum absolute atomic E-state index is 0.00394. The van der Waals surface area contributed by atoms with Gasteiger partial charge in [0.15, 0.2) is 6.61 Å². The van der Waals surface area contributed by atoms with E-state index in [2.05, 4.69) is 19.9 Å². The molecule has 0 aliphatic carbocycles. The Morgan fingerprint density at radius 2 is 1.80 bits per heavy atom. The topological polar surface area (TPSA) is 50.8 Å². The van der Waals surface area contributed by atoms with Gasteiger partial charge in [-0.3, -0.25) is 5.10 Å². The Kier molecular flexibility index (Phi) is 4.05. The molecule has 0 amide bonds. The van der Waals surface area contributed by atoms with Gasteiger partial charge in [0.1, 0.15) is 0 Å². The molecule has 2 heterocycles. The number of nitrogens with zero attached hydrogens (tertiary/aromatic N) is 2. The molecule has 0 bridgehead atoms. The Morgan fingerprint density at radius 1 is 1.04 bits per heavy atom. The second-order valence-corrected chi connectivity index (χ2v) is 5.11. The molecule has 0 atom stereocenters. The molecule has 3 aromatic rings. The summed E-state index contributed by atoms with van der Waals surface area (Å²) < 4.78 is 81.1. The van der Waals surface area contributed by atoms with Crippen molar-refractivity contribution in [3.8, 4) is 17.0 Å². The molecule has 0 aliphatic rings. The number of hydrogen-bond donors (Lipinski definition) is 1. The minimum Gasteiger partial charge on any atom is -0.468 e. The Labute approximate surface area is 136 Å². The van der Waals surface area contributed by atoms with E-state index in [9.17, 15) is 26.3 Å². The molecule has 4 nitrogen and oxygen atoms in total. The van der Waals surface area contributed by atoms with Gasteiger partial charge in [0.25, 0.3) is 0 Å². The van der Waals surface area contributed by atoms with Crippen molar-refractivity contribution in [2.45, 2.75) is 12.4 Å². The molecule has 0 saturated carbocycles. The summed E-state index contributed by atoms with van der Waals surface area (Å²) in [5.41, 5.74) is -0.853. The maximum absolute atomic E-state index is 13.1. The van der Waals surface area contributed by atoms with Gasteiger partial charge < -0.3 is 4.74 Å². The number of pyridine rings is 1. The largest absolute Gasteiger partial charge is 0.468 e. The van der Waals surface area contributed by atoms with Crippen LogP contribution >= 0.6 is 0 Å². The van der Waals surface area contributed by atoms with Crippen LogP contribution in [0.2, 0.25) is 0 Å². The molecule has 1 N–H and O–H groups in total. The number of benzene rings is 1. The van der Waals surface area contributed by atoms with Crippen molar-refractivity contribution >= 4 is 10.9 Å². The van der Waals surface area contributed by atoms with Crippen LogP contribution < -0.4 is 4.74 Å². The lowest BCUT2D eigenvalue weighted by atomic mass is 9.99. The highest BCUT2D eigenvalue weighted by atomic mass is 19.4. The molecular weight excluding hydrogens is 352 g/mol. The lowest BCUT2D eigenvalue weighted by Crippen LogP contribution is -2.20. The van der Waals surface area contributed by atoms with Crippen LogP contribution in [0.1, 0.15) is 5.56 Å². The summed E-state index contributed by atoms with van der Waals surface area (Å²) in [5, 5.41) is 6.42. The van der Waals surface area contributed by atoms with Crippen molar-refractivity contribution < 1.29 is 31.1 Å². The summed E-state index contributed by atoms with van der Waals surface area (Å²) in [4.78, 5) is 3.71. The van der Waals surface area contributed by atoms with Crippen LogP contribution in [0.25, 0.3) is 22.0 Å². The van der Waals surface area contributed by atoms with E-state index in [4.69, 9.17) is 0 Å². The zero-order valence-electron chi connectivity index (χ0n) is 12.2. The molecule has 0 fully saturated rings. The van der Waals surface area contributed by atoms with Crippen LogP contribution in [-0.4, -0.2) is 28.0 Å². The third-order valence-electron chi connectivity index (χ3n) is 3.32. The molecule has 0 unspecified atom stereocenters. The average Bonchev–Trinajstić information content (AvgIpc) is 2.99. The van der Waals surface area contributed by atoms with Crippen molar-refractivity contribution in [2.75, 3.05) is 6.61 Å². The van der Waals surface area contributed by atoms with Gasteiger partial charge in [-0.2, -0.15) is 31.4 Å². The van der Waals surface area contributed by atoms with Gasteiger partial charge in [-0.05, 0) is 29.8 Å². The van der Waals surface area contributed by atoms with Gasteiger partial charge in [-0.1, -0.05) is 0 Å². The number of ether oxygens (including phenoxy) is 1. The Hall–Kier alpha value is -2.78. The SMILES string of the molecule is FC(F)(F)COc1ncccc1-c1cc(C(F)(F)F)cc2[nH]ncc12. The number of fused-ring (bicyclic) bond motifs is 1. The van der Waals surface area contributed by atoms with E-state index in [1.54, 1.807) is 0 Å². The molecule has 0 aliphatic heterocycles. The maximum atomic E-state index is 13.1. The number of aromatic amines is 1. The molecule has 2 aromatic heterocycles. The molecule has 1 aromatic carbocycles. The van der Waals surface area contributed by atoms with Gasteiger partial charge in [0.2, 0.25) is 5.88 Å². The van der Waals surface area contributed by atoms with Gasteiger partial charge in [0.05, 0.1) is 17.3 Å². The summed E-state index contributed by atoms with van der Waals surface area (Å²) in [6, 6.07) is 4.43. The van der Waals surface area contributed by atoms with Crippen molar-refractivity contribution in [2.24, 2.45) is 0 Å². The smallest absolute Gasteiger partial charge is 0.422 e. The summed E-state index contributed by atoms with van der Waals surface area (Å²) in [7, 11) is 0. The Bertz CT molecular complexity index is 900. The first kappa shape index (κ1) is 17.1. The number of aromatic nitrogens is 3. The Morgan fingerprint density at radius 3 is 2.48 bits per heavy atom. The fourth-order valence-corrected chi connectivity index (χ4v) is 2.30. The van der Waals surface area contributed by atoms with Crippen LogP contribution in [-0.2, 0) is 6.18 Å². The normalized spacial score (nSPS) is 12.6. The predicted molar refractivity (Wildman–Crippen MR) is 75.9 cm³/mol.